The lowest BCUT2D eigenvalue weighted by molar-refractivity contribution is 1.42. The van der Waals surface area contributed by atoms with Gasteiger partial charge >= 0.3 is 0 Å². The average molecular weight is 308 g/mol. The van der Waals surface area contributed by atoms with Gasteiger partial charge in [0, 0.05) is 0 Å². The summed E-state index contributed by atoms with van der Waals surface area (Å²) in [6.07, 6.45) is 1.91. The van der Waals surface area contributed by atoms with Crippen LogP contribution in [0.3, 0.4) is 0 Å². The van der Waals surface area contributed by atoms with Crippen LogP contribution in [0.5, 0.6) is 0 Å². The first-order chi connectivity index (χ1) is 5.72. The molecule has 0 aliphatic rings. The molecule has 72 valence electrons. The van der Waals surface area contributed by atoms with E-state index >= 15 is 0 Å². The summed E-state index contributed by atoms with van der Waals surface area (Å²) in [7, 11) is 0. The number of hydrogen-bond acceptors (Lipinski definition) is 2. The van der Waals surface area contributed by atoms with Gasteiger partial charge in [-0.3, -0.25) is 0 Å². The van der Waals surface area contributed by atoms with E-state index in [1.54, 1.807) is 0 Å². The Morgan fingerprint density at radius 3 is 2.69 bits per heavy atom. The number of hydrogen-bond donors (Lipinski definition) is 1. The summed E-state index contributed by atoms with van der Waals surface area (Å²) in [6, 6.07) is 7.95. The first-order valence-electron chi connectivity index (χ1n) is 3.67. The summed E-state index contributed by atoms with van der Waals surface area (Å²) in [4.78, 5) is 4.20. The fourth-order valence-electron chi connectivity index (χ4n) is 0.870. The maximum absolute atomic E-state index is 5.57. The van der Waals surface area contributed by atoms with E-state index in [0.717, 1.165) is 5.69 Å². The van der Waals surface area contributed by atoms with E-state index in [2.05, 4.69) is 4.99 Å². The van der Waals surface area contributed by atoms with Crippen molar-refractivity contribution in [3.63, 3.8) is 0 Å². The molecule has 0 unspecified atom stereocenters. The largest absolute Gasteiger partial charge is 0.378 e. The molecule has 0 radical (unpaired) electrons. The van der Waals surface area contributed by atoms with Crippen LogP contribution < -0.4 is 5.73 Å². The standard InChI is InChI=1S/C9H12N2S.HI/c1-7-4-3-5-8(6-7)11-9(10)12-2;/h3-6H,1-2H3,(H2,10,11);1H. The van der Waals surface area contributed by atoms with Crippen LogP contribution in [-0.2, 0) is 0 Å². The Kier molecular flexibility index (Phi) is 6.15. The number of thioether (sulfide) groups is 1. The number of amidine groups is 1. The minimum absolute atomic E-state index is 0. The van der Waals surface area contributed by atoms with Gasteiger partial charge in [0.05, 0.1) is 5.69 Å². The molecule has 0 aliphatic heterocycles. The van der Waals surface area contributed by atoms with Gasteiger partial charge in [0.15, 0.2) is 5.17 Å². The SMILES string of the molecule is CSC(N)=Nc1cccc(C)c1.I. The number of benzene rings is 1. The molecule has 0 saturated heterocycles. The zero-order chi connectivity index (χ0) is 8.97. The molecular formula is C9H13IN2S. The molecule has 4 heteroatoms. The summed E-state index contributed by atoms with van der Waals surface area (Å²) in [5.41, 5.74) is 7.69. The van der Waals surface area contributed by atoms with E-state index in [9.17, 15) is 0 Å². The summed E-state index contributed by atoms with van der Waals surface area (Å²) < 4.78 is 0. The van der Waals surface area contributed by atoms with E-state index in [1.165, 1.54) is 17.3 Å². The molecule has 0 bridgehead atoms. The zero-order valence-corrected chi connectivity index (χ0v) is 10.8. The molecule has 0 heterocycles. The van der Waals surface area contributed by atoms with Crippen LogP contribution in [-0.4, -0.2) is 11.4 Å². The molecule has 0 aliphatic carbocycles. The van der Waals surface area contributed by atoms with Crippen LogP contribution in [0, 0.1) is 6.92 Å². The highest BCUT2D eigenvalue weighted by Crippen LogP contribution is 2.14. The van der Waals surface area contributed by atoms with Crippen LogP contribution in [0.1, 0.15) is 5.56 Å². The summed E-state index contributed by atoms with van der Waals surface area (Å²) >= 11 is 1.45. The van der Waals surface area contributed by atoms with Crippen molar-refractivity contribution in [1.82, 2.24) is 0 Å². The molecule has 0 spiro atoms. The number of halogens is 1. The van der Waals surface area contributed by atoms with Crippen molar-refractivity contribution in [3.8, 4) is 0 Å². The highest BCUT2D eigenvalue weighted by atomic mass is 127. The molecule has 0 amide bonds. The number of rotatable bonds is 1. The van der Waals surface area contributed by atoms with Crippen molar-refractivity contribution < 1.29 is 0 Å². The van der Waals surface area contributed by atoms with Crippen molar-refractivity contribution in [3.05, 3.63) is 29.8 Å². The molecule has 0 aromatic heterocycles. The molecular weight excluding hydrogens is 295 g/mol. The maximum Gasteiger partial charge on any atom is 0.158 e. The second kappa shape index (κ2) is 6.26. The number of nitrogens with zero attached hydrogens (tertiary/aromatic N) is 1. The molecule has 0 atom stereocenters. The molecule has 1 aromatic rings. The van der Waals surface area contributed by atoms with Crippen molar-refractivity contribution in [2.45, 2.75) is 6.92 Å². The third-order valence-electron chi connectivity index (χ3n) is 1.45. The van der Waals surface area contributed by atoms with Crippen LogP contribution >= 0.6 is 35.7 Å². The minimum Gasteiger partial charge on any atom is -0.378 e. The van der Waals surface area contributed by atoms with Crippen molar-refractivity contribution in [2.24, 2.45) is 10.7 Å². The van der Waals surface area contributed by atoms with Crippen LogP contribution in [0.2, 0.25) is 0 Å². The highest BCUT2D eigenvalue weighted by molar-refractivity contribution is 14.0. The number of aryl methyl sites for hydroxylation is 1. The summed E-state index contributed by atoms with van der Waals surface area (Å²) in [6.45, 7) is 2.04. The number of aliphatic imine (C=N–C) groups is 1. The lowest BCUT2D eigenvalue weighted by Crippen LogP contribution is -2.03. The van der Waals surface area contributed by atoms with Gasteiger partial charge in [0.2, 0.25) is 0 Å². The number of nitrogens with two attached hydrogens (primary N) is 1. The van der Waals surface area contributed by atoms with Crippen molar-refractivity contribution >= 4 is 46.6 Å². The second-order valence-corrected chi connectivity index (χ2v) is 3.32. The van der Waals surface area contributed by atoms with E-state index in [1.807, 2.05) is 37.4 Å². The van der Waals surface area contributed by atoms with Gasteiger partial charge in [-0.25, -0.2) is 4.99 Å². The van der Waals surface area contributed by atoms with Crippen molar-refractivity contribution in [2.75, 3.05) is 6.26 Å². The van der Waals surface area contributed by atoms with Crippen LogP contribution in [0.4, 0.5) is 5.69 Å². The first kappa shape index (κ1) is 12.8. The summed E-state index contributed by atoms with van der Waals surface area (Å²) in [5, 5.41) is 0.598. The maximum atomic E-state index is 5.57. The van der Waals surface area contributed by atoms with Crippen LogP contribution in [0.15, 0.2) is 29.3 Å². The Balaban J connectivity index is 0.00000144. The molecule has 13 heavy (non-hydrogen) atoms. The smallest absolute Gasteiger partial charge is 0.158 e. The zero-order valence-electron chi connectivity index (χ0n) is 7.65. The van der Waals surface area contributed by atoms with Gasteiger partial charge in [0.1, 0.15) is 0 Å². The first-order valence-corrected chi connectivity index (χ1v) is 4.89. The lowest BCUT2D eigenvalue weighted by atomic mass is 10.2. The van der Waals surface area contributed by atoms with Crippen molar-refractivity contribution in [1.29, 1.82) is 0 Å². The molecule has 1 rings (SSSR count). The van der Waals surface area contributed by atoms with Gasteiger partial charge in [-0.05, 0) is 30.9 Å². The Morgan fingerprint density at radius 2 is 2.15 bits per heavy atom. The topological polar surface area (TPSA) is 38.4 Å². The Labute approximate surface area is 100 Å². The minimum atomic E-state index is 0. The van der Waals surface area contributed by atoms with E-state index in [4.69, 9.17) is 5.73 Å². The van der Waals surface area contributed by atoms with Gasteiger partial charge < -0.3 is 5.73 Å². The summed E-state index contributed by atoms with van der Waals surface area (Å²) in [5.74, 6) is 0. The normalized spacial score (nSPS) is 10.8. The average Bonchev–Trinajstić information content (AvgIpc) is 2.04. The van der Waals surface area contributed by atoms with Gasteiger partial charge in [-0.1, -0.05) is 23.9 Å². The molecule has 2 nitrogen and oxygen atoms in total. The van der Waals surface area contributed by atoms with Gasteiger partial charge in [0.25, 0.3) is 0 Å². The van der Waals surface area contributed by atoms with Crippen LogP contribution in [0.25, 0.3) is 0 Å². The second-order valence-electron chi connectivity index (χ2n) is 2.49. The Bertz CT molecular complexity index is 299. The lowest BCUT2D eigenvalue weighted by Gasteiger charge is -1.97. The molecule has 0 fully saturated rings. The quantitative estimate of drug-likeness (QED) is 0.492. The highest BCUT2D eigenvalue weighted by Gasteiger charge is 1.91. The fourth-order valence-corrected chi connectivity index (χ4v) is 1.07. The van der Waals surface area contributed by atoms with E-state index < -0.39 is 0 Å². The predicted molar refractivity (Wildman–Crippen MR) is 71.4 cm³/mol. The molecule has 0 saturated carbocycles. The van der Waals surface area contributed by atoms with E-state index in [-0.39, 0.29) is 24.0 Å². The predicted octanol–water partition coefficient (Wildman–Crippen LogP) is 2.92. The Hall–Kier alpha value is -0.230. The van der Waals surface area contributed by atoms with Gasteiger partial charge in [-0.15, -0.1) is 24.0 Å². The third kappa shape index (κ3) is 4.52. The molecule has 2 N–H and O–H groups in total. The van der Waals surface area contributed by atoms with E-state index in [0.29, 0.717) is 5.17 Å². The Morgan fingerprint density at radius 1 is 1.46 bits per heavy atom. The third-order valence-corrected chi connectivity index (χ3v) is 1.96. The molecule has 1 aromatic carbocycles. The fraction of sp³-hybridized carbons (Fsp3) is 0.222. The monoisotopic (exact) mass is 308 g/mol. The van der Waals surface area contributed by atoms with Gasteiger partial charge in [-0.2, -0.15) is 0 Å².